The van der Waals surface area contributed by atoms with Gasteiger partial charge in [0.15, 0.2) is 0 Å². The first-order chi connectivity index (χ1) is 9.83. The molecule has 1 unspecified atom stereocenters. The summed E-state index contributed by atoms with van der Waals surface area (Å²) < 4.78 is 0. The van der Waals surface area contributed by atoms with E-state index in [1.54, 1.807) is 0 Å². The van der Waals surface area contributed by atoms with Crippen molar-refractivity contribution < 1.29 is 0 Å². The van der Waals surface area contributed by atoms with Gasteiger partial charge in [-0.15, -0.1) is 0 Å². The van der Waals surface area contributed by atoms with Crippen LogP contribution < -0.4 is 0 Å². The average molecular weight is 269 g/mol. The van der Waals surface area contributed by atoms with E-state index >= 15 is 0 Å². The van der Waals surface area contributed by atoms with E-state index in [1.165, 1.54) is 69.8 Å². The van der Waals surface area contributed by atoms with Crippen LogP contribution in [0.3, 0.4) is 0 Å². The van der Waals surface area contributed by atoms with Gasteiger partial charge in [0, 0.05) is 0 Å². The van der Waals surface area contributed by atoms with Crippen molar-refractivity contribution in [1.29, 1.82) is 0 Å². The molecule has 0 N–H and O–H groups in total. The van der Waals surface area contributed by atoms with Gasteiger partial charge in [-0.25, -0.2) is 0 Å². The maximum Gasteiger partial charge on any atom is -0.00126 e. The molecule has 2 saturated carbocycles. The second-order valence-electron chi connectivity index (χ2n) is 7.18. The van der Waals surface area contributed by atoms with Gasteiger partial charge in [0.2, 0.25) is 0 Å². The third-order valence-corrected chi connectivity index (χ3v) is 6.22. The van der Waals surface area contributed by atoms with Crippen LogP contribution in [-0.2, 0) is 5.41 Å². The second kappa shape index (κ2) is 6.33. The fourth-order valence-electron chi connectivity index (χ4n) is 4.94. The molecule has 0 nitrogen and oxygen atoms in total. The molecule has 1 radical (unpaired) electrons. The van der Waals surface area contributed by atoms with Crippen LogP contribution in [0.15, 0.2) is 24.3 Å². The lowest BCUT2D eigenvalue weighted by Crippen LogP contribution is -2.40. The van der Waals surface area contributed by atoms with Crippen molar-refractivity contribution >= 4 is 0 Å². The molecule has 0 amide bonds. The molecule has 109 valence electrons. The molecule has 2 fully saturated rings. The normalized spacial score (nSPS) is 25.2. The molecular formula is C20H29. The Hall–Kier alpha value is -0.780. The SMILES string of the molecule is CC(C1CCCCC1)C1(c2[c]cccc2)CCCCC1. The van der Waals surface area contributed by atoms with E-state index in [0.717, 1.165) is 11.8 Å². The van der Waals surface area contributed by atoms with Gasteiger partial charge in [0.05, 0.1) is 0 Å². The Morgan fingerprint density at radius 1 is 1.00 bits per heavy atom. The van der Waals surface area contributed by atoms with Gasteiger partial charge in [0.1, 0.15) is 0 Å². The van der Waals surface area contributed by atoms with E-state index in [9.17, 15) is 0 Å². The summed E-state index contributed by atoms with van der Waals surface area (Å²) in [6.45, 7) is 2.56. The highest BCUT2D eigenvalue weighted by molar-refractivity contribution is 5.26. The van der Waals surface area contributed by atoms with Gasteiger partial charge in [-0.2, -0.15) is 0 Å². The highest BCUT2D eigenvalue weighted by Gasteiger charge is 2.42. The molecule has 20 heavy (non-hydrogen) atoms. The summed E-state index contributed by atoms with van der Waals surface area (Å²) in [6.07, 6.45) is 14.4. The predicted molar refractivity (Wildman–Crippen MR) is 85.8 cm³/mol. The van der Waals surface area contributed by atoms with Crippen molar-refractivity contribution in [3.05, 3.63) is 35.9 Å². The van der Waals surface area contributed by atoms with Gasteiger partial charge in [-0.3, -0.25) is 0 Å². The van der Waals surface area contributed by atoms with Crippen LogP contribution in [0.1, 0.15) is 76.7 Å². The van der Waals surface area contributed by atoms with E-state index in [0.29, 0.717) is 5.41 Å². The van der Waals surface area contributed by atoms with Gasteiger partial charge in [-0.05, 0) is 41.7 Å². The first-order valence-corrected chi connectivity index (χ1v) is 8.80. The fraction of sp³-hybridized carbons (Fsp3) is 0.700. The first kappa shape index (κ1) is 14.2. The van der Waals surface area contributed by atoms with E-state index in [1.807, 2.05) is 0 Å². The largest absolute Gasteiger partial charge is 0.0619 e. The van der Waals surface area contributed by atoms with Crippen molar-refractivity contribution in [2.45, 2.75) is 76.5 Å². The Morgan fingerprint density at radius 3 is 2.35 bits per heavy atom. The summed E-state index contributed by atoms with van der Waals surface area (Å²) in [6, 6.07) is 12.4. The van der Waals surface area contributed by atoms with Crippen LogP contribution in [-0.4, -0.2) is 0 Å². The van der Waals surface area contributed by atoms with Gasteiger partial charge >= 0.3 is 0 Å². The number of benzene rings is 1. The van der Waals surface area contributed by atoms with Crippen LogP contribution in [0, 0.1) is 17.9 Å². The summed E-state index contributed by atoms with van der Waals surface area (Å²) in [7, 11) is 0. The van der Waals surface area contributed by atoms with Gasteiger partial charge < -0.3 is 0 Å². The zero-order valence-corrected chi connectivity index (χ0v) is 13.0. The minimum atomic E-state index is 0.432. The Labute approximate surface area is 125 Å². The summed E-state index contributed by atoms with van der Waals surface area (Å²) >= 11 is 0. The standard InChI is InChI=1S/C20H29/c1-17(18-11-5-2-6-12-18)20(15-9-4-10-16-20)19-13-7-3-8-14-19/h3,7-8,13,17-18H,2,4-6,9-12,15-16H2,1H3. The first-order valence-electron chi connectivity index (χ1n) is 8.80. The molecule has 0 aromatic heterocycles. The van der Waals surface area contributed by atoms with Gasteiger partial charge in [0.25, 0.3) is 0 Å². The number of hydrogen-bond donors (Lipinski definition) is 0. The monoisotopic (exact) mass is 269 g/mol. The quantitative estimate of drug-likeness (QED) is 0.640. The summed E-state index contributed by atoms with van der Waals surface area (Å²) in [4.78, 5) is 0. The third kappa shape index (κ3) is 2.67. The summed E-state index contributed by atoms with van der Waals surface area (Å²) in [5, 5.41) is 0. The topological polar surface area (TPSA) is 0 Å². The zero-order valence-electron chi connectivity index (χ0n) is 13.0. The van der Waals surface area contributed by atoms with E-state index in [4.69, 9.17) is 0 Å². The van der Waals surface area contributed by atoms with Crippen LogP contribution in [0.5, 0.6) is 0 Å². The smallest absolute Gasteiger partial charge is 0.00126 e. The minimum Gasteiger partial charge on any atom is -0.0619 e. The van der Waals surface area contributed by atoms with Crippen LogP contribution >= 0.6 is 0 Å². The molecular weight excluding hydrogens is 240 g/mol. The van der Waals surface area contributed by atoms with E-state index in [2.05, 4.69) is 37.3 Å². The highest BCUT2D eigenvalue weighted by atomic mass is 14.5. The Bertz CT molecular complexity index is 393. The van der Waals surface area contributed by atoms with Crippen molar-refractivity contribution in [3.8, 4) is 0 Å². The average Bonchev–Trinajstić information content (AvgIpc) is 2.56. The molecule has 1 aromatic rings. The molecule has 1 aromatic carbocycles. The fourth-order valence-corrected chi connectivity index (χ4v) is 4.94. The highest BCUT2D eigenvalue weighted by Crippen LogP contribution is 2.50. The van der Waals surface area contributed by atoms with Crippen molar-refractivity contribution in [1.82, 2.24) is 0 Å². The summed E-state index contributed by atoms with van der Waals surface area (Å²) in [5.74, 6) is 1.79. The molecule has 2 aliphatic rings. The van der Waals surface area contributed by atoms with Crippen molar-refractivity contribution in [3.63, 3.8) is 0 Å². The predicted octanol–water partition coefficient (Wildman–Crippen LogP) is 5.91. The molecule has 0 saturated heterocycles. The van der Waals surface area contributed by atoms with E-state index < -0.39 is 0 Å². The van der Waals surface area contributed by atoms with Crippen LogP contribution in [0.2, 0.25) is 0 Å². The lowest BCUT2D eigenvalue weighted by molar-refractivity contribution is 0.120. The summed E-state index contributed by atoms with van der Waals surface area (Å²) in [5.41, 5.74) is 1.94. The van der Waals surface area contributed by atoms with Crippen LogP contribution in [0.4, 0.5) is 0 Å². The lowest BCUT2D eigenvalue weighted by Gasteiger charge is -2.47. The third-order valence-electron chi connectivity index (χ3n) is 6.22. The molecule has 0 heteroatoms. The maximum atomic E-state index is 3.60. The molecule has 2 aliphatic carbocycles. The molecule has 3 rings (SSSR count). The number of hydrogen-bond acceptors (Lipinski definition) is 0. The van der Waals surface area contributed by atoms with Crippen molar-refractivity contribution in [2.75, 3.05) is 0 Å². The molecule has 0 aliphatic heterocycles. The zero-order chi connectivity index (χ0) is 13.8. The van der Waals surface area contributed by atoms with Gasteiger partial charge in [-0.1, -0.05) is 82.6 Å². The second-order valence-corrected chi connectivity index (χ2v) is 7.18. The van der Waals surface area contributed by atoms with Crippen molar-refractivity contribution in [2.24, 2.45) is 11.8 Å². The lowest BCUT2D eigenvalue weighted by atomic mass is 9.58. The maximum absolute atomic E-state index is 3.60. The Balaban J connectivity index is 1.88. The Kier molecular flexibility index (Phi) is 4.48. The molecule has 0 heterocycles. The number of rotatable bonds is 3. The molecule has 1 atom stereocenters. The minimum absolute atomic E-state index is 0.432. The molecule has 0 spiro atoms. The Morgan fingerprint density at radius 2 is 1.70 bits per heavy atom. The van der Waals surface area contributed by atoms with Crippen LogP contribution in [0.25, 0.3) is 0 Å². The molecule has 0 bridgehead atoms. The van der Waals surface area contributed by atoms with E-state index in [-0.39, 0.29) is 0 Å².